The van der Waals surface area contributed by atoms with E-state index in [4.69, 9.17) is 9.51 Å². The highest BCUT2D eigenvalue weighted by atomic mass is 32.2. The minimum Gasteiger partial charge on any atom is -0.477 e. The van der Waals surface area contributed by atoms with E-state index < -0.39 is 11.7 Å². The molecule has 34 heavy (non-hydrogen) atoms. The van der Waals surface area contributed by atoms with Crippen molar-refractivity contribution >= 4 is 40.1 Å². The van der Waals surface area contributed by atoms with E-state index in [2.05, 4.69) is 10.1 Å². The van der Waals surface area contributed by atoms with E-state index in [1.54, 1.807) is 11.8 Å². The first kappa shape index (κ1) is 22.2. The van der Waals surface area contributed by atoms with Gasteiger partial charge in [-0.15, -0.1) is 11.3 Å². The van der Waals surface area contributed by atoms with Crippen LogP contribution in [0.5, 0.6) is 0 Å². The smallest absolute Gasteiger partial charge is 0.439 e. The van der Waals surface area contributed by atoms with Crippen molar-refractivity contribution in [3.8, 4) is 22.5 Å². The van der Waals surface area contributed by atoms with Gasteiger partial charge in [0.05, 0.1) is 12.1 Å². The Kier molecular flexibility index (Phi) is 5.84. The van der Waals surface area contributed by atoms with Gasteiger partial charge < -0.3 is 9.67 Å². The molecule has 8 nitrogen and oxygen atoms in total. The van der Waals surface area contributed by atoms with Crippen LogP contribution in [0.4, 0.5) is 0 Å². The van der Waals surface area contributed by atoms with Crippen LogP contribution in [-0.2, 0) is 6.54 Å². The fourth-order valence-electron chi connectivity index (χ4n) is 3.95. The van der Waals surface area contributed by atoms with Gasteiger partial charge in [-0.2, -0.15) is 0 Å². The normalized spacial score (nSPS) is 11.4. The van der Waals surface area contributed by atoms with Crippen molar-refractivity contribution in [1.29, 1.82) is 0 Å². The largest absolute Gasteiger partial charge is 0.477 e. The average Bonchev–Trinajstić information content (AvgIpc) is 3.51. The zero-order chi connectivity index (χ0) is 23.8. The molecule has 172 valence electrons. The molecule has 0 aliphatic heterocycles. The number of carbonyl (C=O) groups is 1. The van der Waals surface area contributed by atoms with Gasteiger partial charge in [-0.05, 0) is 35.4 Å². The Hall–Kier alpha value is -3.63. The second-order valence-electron chi connectivity index (χ2n) is 7.58. The standard InChI is InChI=1S/C24H20N4O4S2/c1-3-33-23-25-18-13(2)34-20(22(29)30)19(18)28(23)12-16-10-9-15(14-7-5-4-6-8-14)11-17(16)21-26-24(31)32-27-21/h4-11H,3,12H2,1-2H3,(H,29,30)(H,26,27,31). The van der Waals surface area contributed by atoms with Crippen molar-refractivity contribution in [2.75, 3.05) is 5.75 Å². The molecule has 5 aromatic rings. The summed E-state index contributed by atoms with van der Waals surface area (Å²) in [6.07, 6.45) is 0. The zero-order valence-corrected chi connectivity index (χ0v) is 20.0. The van der Waals surface area contributed by atoms with Crippen molar-refractivity contribution in [1.82, 2.24) is 19.7 Å². The summed E-state index contributed by atoms with van der Waals surface area (Å²) < 4.78 is 6.72. The van der Waals surface area contributed by atoms with Crippen molar-refractivity contribution < 1.29 is 14.4 Å². The van der Waals surface area contributed by atoms with Crippen LogP contribution in [0.3, 0.4) is 0 Å². The van der Waals surface area contributed by atoms with Crippen LogP contribution < -0.4 is 5.76 Å². The lowest BCUT2D eigenvalue weighted by molar-refractivity contribution is 0.0703. The first-order chi connectivity index (χ1) is 16.5. The predicted octanol–water partition coefficient (Wildman–Crippen LogP) is 5.28. The molecular formula is C24H20N4O4S2. The highest BCUT2D eigenvalue weighted by Crippen LogP contribution is 2.36. The molecule has 5 rings (SSSR count). The summed E-state index contributed by atoms with van der Waals surface area (Å²) in [5, 5.41) is 14.5. The van der Waals surface area contributed by atoms with Gasteiger partial charge >= 0.3 is 11.7 Å². The lowest BCUT2D eigenvalue weighted by atomic mass is 9.98. The molecule has 0 saturated heterocycles. The Labute approximate surface area is 202 Å². The van der Waals surface area contributed by atoms with Gasteiger partial charge in [0, 0.05) is 10.4 Å². The molecule has 0 bridgehead atoms. The third-order valence-corrected chi connectivity index (χ3v) is 7.38. The van der Waals surface area contributed by atoms with Gasteiger partial charge in [-0.3, -0.25) is 9.51 Å². The predicted molar refractivity (Wildman–Crippen MR) is 133 cm³/mol. The van der Waals surface area contributed by atoms with Gasteiger partial charge in [0.25, 0.3) is 0 Å². The number of nitrogens with zero attached hydrogens (tertiary/aromatic N) is 3. The number of benzene rings is 2. The van der Waals surface area contributed by atoms with E-state index >= 15 is 0 Å². The Morgan fingerprint density at radius 2 is 2.00 bits per heavy atom. The topological polar surface area (TPSA) is 114 Å². The third kappa shape index (κ3) is 3.95. The van der Waals surface area contributed by atoms with Crippen LogP contribution in [0.1, 0.15) is 27.0 Å². The van der Waals surface area contributed by atoms with Crippen LogP contribution in [0.15, 0.2) is 63.0 Å². The number of thiophene rings is 1. The molecule has 0 unspecified atom stereocenters. The molecule has 2 N–H and O–H groups in total. The maximum absolute atomic E-state index is 12.0. The van der Waals surface area contributed by atoms with E-state index in [1.165, 1.54) is 11.3 Å². The first-order valence-corrected chi connectivity index (χ1v) is 12.4. The summed E-state index contributed by atoms with van der Waals surface area (Å²) >= 11 is 2.79. The van der Waals surface area contributed by atoms with Crippen molar-refractivity contribution in [2.45, 2.75) is 25.5 Å². The number of fused-ring (bicyclic) bond motifs is 1. The van der Waals surface area contributed by atoms with E-state index in [1.807, 2.05) is 66.9 Å². The van der Waals surface area contributed by atoms with Gasteiger partial charge in [0.2, 0.25) is 0 Å². The second-order valence-corrected chi connectivity index (χ2v) is 10.0. The molecule has 0 aliphatic carbocycles. The molecule has 2 aromatic carbocycles. The molecule has 0 spiro atoms. The van der Waals surface area contributed by atoms with Gasteiger partial charge in [0.15, 0.2) is 11.0 Å². The first-order valence-electron chi connectivity index (χ1n) is 10.6. The molecule has 10 heteroatoms. The molecule has 3 aromatic heterocycles. The fraction of sp³-hybridized carbons (Fsp3) is 0.167. The number of aryl methyl sites for hydroxylation is 1. The number of rotatable bonds is 7. The van der Waals surface area contributed by atoms with Crippen LogP contribution in [0.25, 0.3) is 33.5 Å². The fourth-order valence-corrected chi connectivity index (χ4v) is 5.61. The number of nitrogens with one attached hydrogen (secondary N) is 1. The van der Waals surface area contributed by atoms with E-state index in [0.29, 0.717) is 29.0 Å². The number of aromatic amines is 1. The Morgan fingerprint density at radius 1 is 1.21 bits per heavy atom. The summed E-state index contributed by atoms with van der Waals surface area (Å²) in [7, 11) is 0. The number of carboxylic acids is 1. The van der Waals surface area contributed by atoms with Crippen LogP contribution >= 0.6 is 23.1 Å². The molecule has 0 aliphatic rings. The monoisotopic (exact) mass is 492 g/mol. The maximum Gasteiger partial charge on any atom is 0.439 e. The Morgan fingerprint density at radius 3 is 2.68 bits per heavy atom. The SMILES string of the molecule is CCSc1nc2c(C)sc(C(=O)O)c2n1Cc1ccc(-c2ccccc2)cc1-c1noc(=O)[nH]1. The number of hydrogen-bond donors (Lipinski definition) is 2. The summed E-state index contributed by atoms with van der Waals surface area (Å²) in [4.78, 5) is 32.2. The van der Waals surface area contributed by atoms with Crippen LogP contribution in [0.2, 0.25) is 0 Å². The average molecular weight is 493 g/mol. The molecule has 3 heterocycles. The molecule has 0 atom stereocenters. The minimum atomic E-state index is -0.974. The Bertz CT molecular complexity index is 1560. The van der Waals surface area contributed by atoms with E-state index in [9.17, 15) is 14.7 Å². The molecule has 0 saturated carbocycles. The van der Waals surface area contributed by atoms with Gasteiger partial charge in [-0.25, -0.2) is 14.6 Å². The number of thioether (sulfide) groups is 1. The number of H-pyrrole nitrogens is 1. The molecular weight excluding hydrogens is 472 g/mol. The summed E-state index contributed by atoms with van der Waals surface area (Å²) in [5.74, 6) is -0.502. The minimum absolute atomic E-state index is 0.264. The number of aromatic carboxylic acids is 1. The number of carboxylic acid groups (broad SMARTS) is 1. The second kappa shape index (κ2) is 8.96. The summed E-state index contributed by atoms with van der Waals surface area (Å²) in [5.41, 5.74) is 4.84. The summed E-state index contributed by atoms with van der Waals surface area (Å²) in [6.45, 7) is 4.27. The zero-order valence-electron chi connectivity index (χ0n) is 18.4. The highest BCUT2D eigenvalue weighted by molar-refractivity contribution is 7.99. The van der Waals surface area contributed by atoms with E-state index in [-0.39, 0.29) is 4.88 Å². The number of aromatic nitrogens is 4. The number of hydrogen-bond acceptors (Lipinski definition) is 7. The van der Waals surface area contributed by atoms with Crippen LogP contribution in [-0.4, -0.2) is 36.5 Å². The quantitative estimate of drug-likeness (QED) is 0.297. The number of imidazole rings is 1. The molecule has 0 amide bonds. The van der Waals surface area contributed by atoms with Gasteiger partial charge in [-0.1, -0.05) is 66.3 Å². The lowest BCUT2D eigenvalue weighted by Crippen LogP contribution is -2.06. The van der Waals surface area contributed by atoms with Gasteiger partial charge in [0.1, 0.15) is 10.4 Å². The molecule has 0 radical (unpaired) electrons. The third-order valence-electron chi connectivity index (χ3n) is 5.44. The van der Waals surface area contributed by atoms with Crippen molar-refractivity contribution in [3.63, 3.8) is 0 Å². The maximum atomic E-state index is 12.0. The van der Waals surface area contributed by atoms with Crippen LogP contribution in [0, 0.1) is 6.92 Å². The highest BCUT2D eigenvalue weighted by Gasteiger charge is 2.24. The van der Waals surface area contributed by atoms with E-state index in [0.717, 1.165) is 32.5 Å². The van der Waals surface area contributed by atoms with Crippen molar-refractivity contribution in [2.24, 2.45) is 0 Å². The Balaban J connectivity index is 1.70. The molecule has 0 fully saturated rings. The van der Waals surface area contributed by atoms with Crippen molar-refractivity contribution in [3.05, 3.63) is 74.4 Å². The lowest BCUT2D eigenvalue weighted by Gasteiger charge is -2.13. The summed E-state index contributed by atoms with van der Waals surface area (Å²) in [6, 6.07) is 15.8.